The van der Waals surface area contributed by atoms with Crippen molar-refractivity contribution in [3.05, 3.63) is 0 Å². The van der Waals surface area contributed by atoms with Gasteiger partial charge in [0.1, 0.15) is 15.9 Å². The fraction of sp³-hybridized carbons (Fsp3) is 0.846. The standard InChI is InChI=1S/C13H21NO5S/c1-20(18,19)9-13(5-6-13)8-11(15)14-7-3-2-4-10(14)12(16)17/h10H,2-9H2,1H3,(H,16,17). The third-order valence-electron chi connectivity index (χ3n) is 4.16. The lowest BCUT2D eigenvalue weighted by Crippen LogP contribution is -2.48. The van der Waals surface area contributed by atoms with Gasteiger partial charge in [-0.25, -0.2) is 13.2 Å². The predicted molar refractivity (Wildman–Crippen MR) is 73.0 cm³/mol. The number of nitrogens with zero attached hydrogens (tertiary/aromatic N) is 1. The molecule has 6 nitrogen and oxygen atoms in total. The number of aliphatic carboxylic acids is 1. The van der Waals surface area contributed by atoms with Crippen molar-refractivity contribution in [3.8, 4) is 0 Å². The topological polar surface area (TPSA) is 91.8 Å². The minimum absolute atomic E-state index is 0.0251. The molecule has 0 aromatic carbocycles. The Labute approximate surface area is 119 Å². The van der Waals surface area contributed by atoms with Crippen LogP contribution in [0.15, 0.2) is 0 Å². The van der Waals surface area contributed by atoms with Crippen molar-refractivity contribution in [2.24, 2.45) is 5.41 Å². The molecule has 7 heteroatoms. The predicted octanol–water partition coefficient (Wildman–Crippen LogP) is 0.667. The highest BCUT2D eigenvalue weighted by atomic mass is 32.2. The zero-order chi connectivity index (χ0) is 15.0. The van der Waals surface area contributed by atoms with E-state index in [4.69, 9.17) is 5.11 Å². The molecule has 0 spiro atoms. The van der Waals surface area contributed by atoms with E-state index in [1.165, 1.54) is 11.2 Å². The maximum atomic E-state index is 12.3. The summed E-state index contributed by atoms with van der Waals surface area (Å²) in [7, 11) is -3.11. The van der Waals surface area contributed by atoms with Gasteiger partial charge in [-0.15, -0.1) is 0 Å². The molecule has 1 N–H and O–H groups in total. The highest BCUT2D eigenvalue weighted by Crippen LogP contribution is 2.50. The lowest BCUT2D eigenvalue weighted by atomic mass is 9.98. The number of carboxylic acid groups (broad SMARTS) is 1. The molecule has 1 unspecified atom stereocenters. The molecular weight excluding hydrogens is 282 g/mol. The van der Waals surface area contributed by atoms with Crippen molar-refractivity contribution < 1.29 is 23.1 Å². The van der Waals surface area contributed by atoms with Gasteiger partial charge in [0.05, 0.1) is 5.75 Å². The minimum atomic E-state index is -3.11. The van der Waals surface area contributed by atoms with Crippen LogP contribution in [0, 0.1) is 5.41 Å². The summed E-state index contributed by atoms with van der Waals surface area (Å²) in [4.78, 5) is 24.9. The van der Waals surface area contributed by atoms with Gasteiger partial charge in [0.2, 0.25) is 5.91 Å². The molecule has 1 atom stereocenters. The fourth-order valence-electron chi connectivity index (χ4n) is 3.01. The van der Waals surface area contributed by atoms with Crippen LogP contribution in [0.4, 0.5) is 0 Å². The van der Waals surface area contributed by atoms with Gasteiger partial charge in [-0.1, -0.05) is 0 Å². The summed E-state index contributed by atoms with van der Waals surface area (Å²) in [6.45, 7) is 0.463. The van der Waals surface area contributed by atoms with Gasteiger partial charge in [-0.05, 0) is 37.5 Å². The van der Waals surface area contributed by atoms with Crippen molar-refractivity contribution >= 4 is 21.7 Å². The van der Waals surface area contributed by atoms with Gasteiger partial charge in [0.25, 0.3) is 0 Å². The van der Waals surface area contributed by atoms with Crippen molar-refractivity contribution in [2.75, 3.05) is 18.6 Å². The van der Waals surface area contributed by atoms with Crippen LogP contribution in [0.2, 0.25) is 0 Å². The highest BCUT2D eigenvalue weighted by Gasteiger charge is 2.48. The summed E-state index contributed by atoms with van der Waals surface area (Å²) in [5.41, 5.74) is -0.439. The molecule has 2 aliphatic rings. The van der Waals surface area contributed by atoms with Crippen LogP contribution < -0.4 is 0 Å². The van der Waals surface area contributed by atoms with Gasteiger partial charge in [0, 0.05) is 19.2 Å². The Hall–Kier alpha value is -1.11. The monoisotopic (exact) mass is 303 g/mol. The van der Waals surface area contributed by atoms with E-state index in [0.717, 1.165) is 25.7 Å². The summed E-state index contributed by atoms with van der Waals surface area (Å²) in [5, 5.41) is 9.17. The number of likely N-dealkylation sites (tertiary alicyclic amines) is 1. The highest BCUT2D eigenvalue weighted by molar-refractivity contribution is 7.90. The van der Waals surface area contributed by atoms with E-state index in [1.54, 1.807) is 0 Å². The van der Waals surface area contributed by atoms with Crippen molar-refractivity contribution in [1.29, 1.82) is 0 Å². The molecule has 1 amide bonds. The first-order valence-electron chi connectivity index (χ1n) is 6.92. The zero-order valence-corrected chi connectivity index (χ0v) is 12.5. The Kier molecular flexibility index (Phi) is 4.09. The molecule has 2 fully saturated rings. The minimum Gasteiger partial charge on any atom is -0.480 e. The maximum absolute atomic E-state index is 12.3. The average molecular weight is 303 g/mol. The molecule has 20 heavy (non-hydrogen) atoms. The number of hydrogen-bond donors (Lipinski definition) is 1. The SMILES string of the molecule is CS(=O)(=O)CC1(CC(=O)N2CCCCC2C(=O)O)CC1. The smallest absolute Gasteiger partial charge is 0.326 e. The molecule has 0 radical (unpaired) electrons. The Bertz CT molecular complexity index is 509. The Balaban J connectivity index is 2.02. The van der Waals surface area contributed by atoms with E-state index in [1.807, 2.05) is 0 Å². The van der Waals surface area contributed by atoms with Gasteiger partial charge in [0.15, 0.2) is 0 Å². The molecule has 0 aromatic heterocycles. The summed E-state index contributed by atoms with van der Waals surface area (Å²) in [6, 6.07) is -0.745. The van der Waals surface area contributed by atoms with Crippen molar-refractivity contribution in [3.63, 3.8) is 0 Å². The number of rotatable bonds is 5. The summed E-state index contributed by atoms with van der Waals surface area (Å²) >= 11 is 0. The average Bonchev–Trinajstić information content (AvgIpc) is 3.05. The van der Waals surface area contributed by atoms with Crippen LogP contribution in [0.1, 0.15) is 38.5 Å². The third-order valence-corrected chi connectivity index (χ3v) is 5.30. The first kappa shape index (κ1) is 15.3. The third kappa shape index (κ3) is 3.71. The number of carbonyl (C=O) groups excluding carboxylic acids is 1. The normalized spacial score (nSPS) is 25.2. The second kappa shape index (κ2) is 5.35. The molecule has 1 saturated carbocycles. The summed E-state index contributed by atoms with van der Waals surface area (Å²) in [6.07, 6.45) is 4.92. The number of hydrogen-bond acceptors (Lipinski definition) is 4. The van der Waals surface area contributed by atoms with Crippen LogP contribution in [0.25, 0.3) is 0 Å². The largest absolute Gasteiger partial charge is 0.480 e. The lowest BCUT2D eigenvalue weighted by molar-refractivity contribution is -0.152. The quantitative estimate of drug-likeness (QED) is 0.806. The number of amides is 1. The van der Waals surface area contributed by atoms with Crippen LogP contribution >= 0.6 is 0 Å². The molecule has 1 heterocycles. The van der Waals surface area contributed by atoms with Gasteiger partial charge < -0.3 is 10.0 Å². The molecular formula is C13H21NO5S. The summed E-state index contributed by atoms with van der Waals surface area (Å²) < 4.78 is 22.8. The second-order valence-corrected chi connectivity index (χ2v) is 8.32. The number of carboxylic acids is 1. The van der Waals surface area contributed by atoms with Crippen LogP contribution in [0.5, 0.6) is 0 Å². The summed E-state index contributed by atoms with van der Waals surface area (Å²) in [5.74, 6) is -1.15. The van der Waals surface area contributed by atoms with Gasteiger partial charge in [-0.2, -0.15) is 0 Å². The van der Waals surface area contributed by atoms with Gasteiger partial charge in [-0.3, -0.25) is 4.79 Å². The lowest BCUT2D eigenvalue weighted by Gasteiger charge is -2.34. The molecule has 1 aliphatic heterocycles. The Morgan fingerprint density at radius 1 is 1.30 bits per heavy atom. The fourth-order valence-corrected chi connectivity index (χ4v) is 4.52. The molecule has 0 aromatic rings. The van der Waals surface area contributed by atoms with Crippen LogP contribution in [-0.2, 0) is 19.4 Å². The molecule has 0 bridgehead atoms. The first-order chi connectivity index (χ1) is 9.22. The molecule has 2 rings (SSSR count). The van der Waals surface area contributed by atoms with Crippen molar-refractivity contribution in [2.45, 2.75) is 44.6 Å². The Morgan fingerprint density at radius 3 is 2.45 bits per heavy atom. The first-order valence-corrected chi connectivity index (χ1v) is 8.99. The van der Waals surface area contributed by atoms with Crippen molar-refractivity contribution in [1.82, 2.24) is 4.90 Å². The number of piperidine rings is 1. The van der Waals surface area contributed by atoms with E-state index in [0.29, 0.717) is 13.0 Å². The van der Waals surface area contributed by atoms with Gasteiger partial charge >= 0.3 is 5.97 Å². The Morgan fingerprint density at radius 2 is 1.95 bits per heavy atom. The van der Waals surface area contributed by atoms with E-state index >= 15 is 0 Å². The molecule has 1 saturated heterocycles. The number of carbonyl (C=O) groups is 2. The zero-order valence-electron chi connectivity index (χ0n) is 11.7. The van der Waals surface area contributed by atoms with E-state index in [-0.39, 0.29) is 18.1 Å². The van der Waals surface area contributed by atoms with Crippen LogP contribution in [-0.4, -0.2) is 54.9 Å². The van der Waals surface area contributed by atoms with E-state index in [2.05, 4.69) is 0 Å². The second-order valence-electron chi connectivity index (χ2n) is 6.18. The van der Waals surface area contributed by atoms with Crippen LogP contribution in [0.3, 0.4) is 0 Å². The maximum Gasteiger partial charge on any atom is 0.326 e. The molecule has 114 valence electrons. The molecule has 1 aliphatic carbocycles. The van der Waals surface area contributed by atoms with E-state index in [9.17, 15) is 18.0 Å². The van der Waals surface area contributed by atoms with E-state index < -0.39 is 27.3 Å². The number of sulfone groups is 1.